The maximum Gasteiger partial charge on any atom is 0.336 e. The molecule has 130 valence electrons. The van der Waals surface area contributed by atoms with E-state index in [1.165, 1.54) is 0 Å². The quantitative estimate of drug-likeness (QED) is 0.739. The molecule has 0 amide bonds. The van der Waals surface area contributed by atoms with Crippen LogP contribution in [0.5, 0.6) is 5.75 Å². The average molecular weight is 345 g/mol. The molecular formula is C22H19NO3. The fraction of sp³-hybridized carbons (Fsp3) is 0.182. The number of aromatic nitrogens is 1. The van der Waals surface area contributed by atoms with Gasteiger partial charge in [0.15, 0.2) is 0 Å². The van der Waals surface area contributed by atoms with Gasteiger partial charge in [-0.25, -0.2) is 9.78 Å². The van der Waals surface area contributed by atoms with Crippen molar-refractivity contribution >= 4 is 28.5 Å². The third-order valence-corrected chi connectivity index (χ3v) is 4.82. The third kappa shape index (κ3) is 2.84. The number of para-hydroxylation sites is 1. The van der Waals surface area contributed by atoms with Crippen LogP contribution >= 0.6 is 0 Å². The number of rotatable bonds is 3. The van der Waals surface area contributed by atoms with Gasteiger partial charge in [-0.1, -0.05) is 30.3 Å². The molecule has 1 heterocycles. The summed E-state index contributed by atoms with van der Waals surface area (Å²) in [5.41, 5.74) is 4.88. The van der Waals surface area contributed by atoms with E-state index < -0.39 is 5.97 Å². The smallest absolute Gasteiger partial charge is 0.336 e. The molecule has 0 spiro atoms. The fourth-order valence-corrected chi connectivity index (χ4v) is 3.65. The van der Waals surface area contributed by atoms with E-state index in [2.05, 4.69) is 6.08 Å². The van der Waals surface area contributed by atoms with Crippen LogP contribution in [-0.4, -0.2) is 23.2 Å². The van der Waals surface area contributed by atoms with Crippen molar-refractivity contribution in [1.29, 1.82) is 0 Å². The molecule has 1 N–H and O–H groups in total. The highest BCUT2D eigenvalue weighted by Crippen LogP contribution is 2.36. The molecule has 0 saturated heterocycles. The van der Waals surface area contributed by atoms with Crippen molar-refractivity contribution in [1.82, 2.24) is 4.98 Å². The van der Waals surface area contributed by atoms with Crippen molar-refractivity contribution in [3.63, 3.8) is 0 Å². The van der Waals surface area contributed by atoms with Gasteiger partial charge in [0.2, 0.25) is 0 Å². The molecule has 26 heavy (non-hydrogen) atoms. The summed E-state index contributed by atoms with van der Waals surface area (Å²) in [4.78, 5) is 16.8. The molecule has 1 aromatic heterocycles. The van der Waals surface area contributed by atoms with Crippen LogP contribution in [0.4, 0.5) is 0 Å². The molecule has 0 unspecified atom stereocenters. The van der Waals surface area contributed by atoms with E-state index in [0.717, 1.165) is 52.9 Å². The number of hydrogen-bond donors (Lipinski definition) is 1. The Labute approximate surface area is 151 Å². The number of hydrogen-bond acceptors (Lipinski definition) is 3. The second-order valence-corrected chi connectivity index (χ2v) is 6.44. The van der Waals surface area contributed by atoms with Gasteiger partial charge in [-0.15, -0.1) is 0 Å². The molecule has 2 aromatic carbocycles. The van der Waals surface area contributed by atoms with Crippen LogP contribution in [0, 0.1) is 0 Å². The number of aromatic carboxylic acids is 1. The Hall–Kier alpha value is -3.14. The summed E-state index contributed by atoms with van der Waals surface area (Å²) in [6, 6.07) is 15.3. The molecule has 0 atom stereocenters. The number of nitrogens with zero attached hydrogens (tertiary/aromatic N) is 1. The number of carboxylic acids is 1. The first-order valence-corrected chi connectivity index (χ1v) is 8.67. The van der Waals surface area contributed by atoms with Crippen LogP contribution in [0.25, 0.3) is 22.6 Å². The highest BCUT2D eigenvalue weighted by molar-refractivity contribution is 6.05. The average Bonchev–Trinajstić information content (AvgIpc) is 2.66. The van der Waals surface area contributed by atoms with Gasteiger partial charge >= 0.3 is 5.97 Å². The van der Waals surface area contributed by atoms with Gasteiger partial charge in [-0.3, -0.25) is 0 Å². The van der Waals surface area contributed by atoms with Gasteiger partial charge in [0.25, 0.3) is 0 Å². The number of methoxy groups -OCH3 is 1. The highest BCUT2D eigenvalue weighted by atomic mass is 16.5. The number of ether oxygens (including phenoxy) is 1. The number of carboxylic acid groups (broad SMARTS) is 1. The number of fused-ring (bicyclic) bond motifs is 2. The van der Waals surface area contributed by atoms with Crippen molar-refractivity contribution in [2.45, 2.75) is 19.3 Å². The SMILES string of the molecule is COc1cccc(/C=C2/CCCc3c2nc2ccccc2c3C(=O)O)c1. The molecule has 0 fully saturated rings. The Morgan fingerprint density at radius 3 is 2.81 bits per heavy atom. The minimum atomic E-state index is -0.887. The van der Waals surface area contributed by atoms with Crippen molar-refractivity contribution in [3.05, 3.63) is 70.9 Å². The molecule has 1 aliphatic carbocycles. The van der Waals surface area contributed by atoms with Gasteiger partial charge in [0.05, 0.1) is 23.9 Å². The lowest BCUT2D eigenvalue weighted by Crippen LogP contribution is -2.13. The lowest BCUT2D eigenvalue weighted by atomic mass is 9.86. The molecular weight excluding hydrogens is 326 g/mol. The Morgan fingerprint density at radius 1 is 1.15 bits per heavy atom. The maximum absolute atomic E-state index is 12.0. The van der Waals surface area contributed by atoms with Crippen LogP contribution in [0.1, 0.15) is 40.0 Å². The first-order chi connectivity index (χ1) is 12.7. The molecule has 4 nitrogen and oxygen atoms in total. The zero-order valence-electron chi connectivity index (χ0n) is 14.5. The normalized spacial score (nSPS) is 15.0. The van der Waals surface area contributed by atoms with Crippen molar-refractivity contribution in [2.24, 2.45) is 0 Å². The topological polar surface area (TPSA) is 59.4 Å². The largest absolute Gasteiger partial charge is 0.497 e. The van der Waals surface area contributed by atoms with E-state index in [-0.39, 0.29) is 0 Å². The number of benzene rings is 2. The summed E-state index contributed by atoms with van der Waals surface area (Å²) in [5, 5.41) is 10.5. The third-order valence-electron chi connectivity index (χ3n) is 4.82. The first-order valence-electron chi connectivity index (χ1n) is 8.67. The predicted octanol–water partition coefficient (Wildman–Crippen LogP) is 4.82. The van der Waals surface area contributed by atoms with Crippen molar-refractivity contribution in [3.8, 4) is 5.75 Å². The van der Waals surface area contributed by atoms with Gasteiger partial charge in [0, 0.05) is 5.39 Å². The number of pyridine rings is 1. The summed E-state index contributed by atoms with van der Waals surface area (Å²) in [6.45, 7) is 0. The Balaban J connectivity index is 1.93. The Bertz CT molecular complexity index is 1040. The maximum atomic E-state index is 12.0. The summed E-state index contributed by atoms with van der Waals surface area (Å²) < 4.78 is 5.30. The summed E-state index contributed by atoms with van der Waals surface area (Å²) in [7, 11) is 1.65. The van der Waals surface area contributed by atoms with Crippen molar-refractivity contribution < 1.29 is 14.6 Å². The van der Waals surface area contributed by atoms with Gasteiger partial charge in [0.1, 0.15) is 5.75 Å². The minimum absolute atomic E-state index is 0.391. The molecule has 4 rings (SSSR count). The lowest BCUT2D eigenvalue weighted by molar-refractivity contribution is 0.0697. The number of carbonyl (C=O) groups is 1. The predicted molar refractivity (Wildman–Crippen MR) is 103 cm³/mol. The second kappa shape index (κ2) is 6.64. The summed E-state index contributed by atoms with van der Waals surface area (Å²) >= 11 is 0. The van der Waals surface area contributed by atoms with Crippen LogP contribution in [0.2, 0.25) is 0 Å². The zero-order chi connectivity index (χ0) is 18.1. The van der Waals surface area contributed by atoms with E-state index in [1.54, 1.807) is 7.11 Å². The Kier molecular flexibility index (Phi) is 4.17. The van der Waals surface area contributed by atoms with Crippen LogP contribution in [0.15, 0.2) is 48.5 Å². The minimum Gasteiger partial charge on any atom is -0.497 e. The Morgan fingerprint density at radius 2 is 2.00 bits per heavy atom. The monoisotopic (exact) mass is 345 g/mol. The molecule has 0 radical (unpaired) electrons. The summed E-state index contributed by atoms with van der Waals surface area (Å²) in [5.74, 6) is -0.0874. The highest BCUT2D eigenvalue weighted by Gasteiger charge is 2.24. The van der Waals surface area contributed by atoms with Crippen molar-refractivity contribution in [2.75, 3.05) is 7.11 Å². The molecule has 1 aliphatic rings. The van der Waals surface area contributed by atoms with Crippen LogP contribution in [-0.2, 0) is 6.42 Å². The van der Waals surface area contributed by atoms with Gasteiger partial charge in [-0.05, 0) is 60.2 Å². The number of allylic oxidation sites excluding steroid dienone is 1. The van der Waals surface area contributed by atoms with E-state index in [4.69, 9.17) is 9.72 Å². The van der Waals surface area contributed by atoms with Gasteiger partial charge in [-0.2, -0.15) is 0 Å². The van der Waals surface area contributed by atoms with Gasteiger partial charge < -0.3 is 9.84 Å². The molecule has 0 aliphatic heterocycles. The zero-order valence-corrected chi connectivity index (χ0v) is 14.5. The van der Waals surface area contributed by atoms with Crippen LogP contribution < -0.4 is 4.74 Å². The fourth-order valence-electron chi connectivity index (χ4n) is 3.65. The molecule has 3 aromatic rings. The standard InChI is InChI=1S/C22H19NO3/c1-26-16-8-4-6-14(13-16)12-15-7-5-10-18-20(22(24)25)17-9-2-3-11-19(17)23-21(15)18/h2-4,6,8-9,11-13H,5,7,10H2,1H3,(H,24,25)/b15-12-. The second-order valence-electron chi connectivity index (χ2n) is 6.44. The van der Waals surface area contributed by atoms with E-state index in [0.29, 0.717) is 10.9 Å². The van der Waals surface area contributed by atoms with Crippen LogP contribution in [0.3, 0.4) is 0 Å². The van der Waals surface area contributed by atoms with E-state index in [9.17, 15) is 9.90 Å². The lowest BCUT2D eigenvalue weighted by Gasteiger charge is -2.21. The molecule has 0 bridgehead atoms. The molecule has 0 saturated carbocycles. The summed E-state index contributed by atoms with van der Waals surface area (Å²) in [6.07, 6.45) is 4.63. The first kappa shape index (κ1) is 16.3. The van der Waals surface area contributed by atoms with E-state index >= 15 is 0 Å². The van der Waals surface area contributed by atoms with E-state index in [1.807, 2.05) is 48.5 Å². The molecule has 4 heteroatoms.